The Kier molecular flexibility index (Phi) is 5.51. The Hall–Kier alpha value is -0.980. The molecule has 0 radical (unpaired) electrons. The van der Waals surface area contributed by atoms with E-state index in [0.29, 0.717) is 19.7 Å². The van der Waals surface area contributed by atoms with Gasteiger partial charge < -0.3 is 10.1 Å². The number of nitrogens with one attached hydrogen (secondary N) is 1. The summed E-state index contributed by atoms with van der Waals surface area (Å²) in [6.07, 6.45) is 0. The zero-order valence-corrected chi connectivity index (χ0v) is 13.0. The highest BCUT2D eigenvalue weighted by Gasteiger charge is 2.29. The monoisotopic (exact) mass is 344 g/mol. The van der Waals surface area contributed by atoms with Gasteiger partial charge in [-0.15, -0.1) is 0 Å². The van der Waals surface area contributed by atoms with Crippen LogP contribution in [0, 0.1) is 5.82 Å². The average Bonchev–Trinajstić information content (AvgIpc) is 2.43. The first-order chi connectivity index (χ1) is 9.61. The number of hydrogen-bond acceptors (Lipinski definition) is 4. The third kappa shape index (κ3) is 3.77. The molecule has 6 heteroatoms. The van der Waals surface area contributed by atoms with Crippen LogP contribution in [-0.4, -0.2) is 43.2 Å². The lowest BCUT2D eigenvalue weighted by Gasteiger charge is -2.34. The lowest BCUT2D eigenvalue weighted by molar-refractivity contribution is -0.150. The van der Waals surface area contributed by atoms with Crippen molar-refractivity contribution in [1.82, 2.24) is 10.2 Å². The van der Waals surface area contributed by atoms with Crippen LogP contribution in [0.15, 0.2) is 22.7 Å². The maximum absolute atomic E-state index is 13.1. The molecule has 20 heavy (non-hydrogen) atoms. The van der Waals surface area contributed by atoms with Gasteiger partial charge in [0.1, 0.15) is 11.9 Å². The molecule has 1 aliphatic heterocycles. The number of rotatable bonds is 4. The van der Waals surface area contributed by atoms with E-state index in [1.165, 1.54) is 12.1 Å². The predicted molar refractivity (Wildman–Crippen MR) is 77.8 cm³/mol. The summed E-state index contributed by atoms with van der Waals surface area (Å²) < 4.78 is 18.9. The molecule has 1 heterocycles. The molecular formula is C14H18BrFN2O2. The quantitative estimate of drug-likeness (QED) is 0.847. The maximum Gasteiger partial charge on any atom is 0.324 e. The second kappa shape index (κ2) is 7.15. The minimum absolute atomic E-state index is 0.210. The van der Waals surface area contributed by atoms with Crippen molar-refractivity contribution in [3.05, 3.63) is 34.1 Å². The van der Waals surface area contributed by atoms with Crippen LogP contribution in [0.4, 0.5) is 4.39 Å². The van der Waals surface area contributed by atoms with E-state index in [1.54, 1.807) is 13.0 Å². The molecule has 0 saturated carbocycles. The topological polar surface area (TPSA) is 41.6 Å². The molecule has 1 atom stereocenters. The van der Waals surface area contributed by atoms with Crippen molar-refractivity contribution < 1.29 is 13.9 Å². The summed E-state index contributed by atoms with van der Waals surface area (Å²) >= 11 is 3.36. The van der Waals surface area contributed by atoms with E-state index < -0.39 is 0 Å². The molecule has 4 nitrogen and oxygen atoms in total. The smallest absolute Gasteiger partial charge is 0.324 e. The van der Waals surface area contributed by atoms with E-state index in [1.807, 2.05) is 0 Å². The van der Waals surface area contributed by atoms with E-state index in [9.17, 15) is 9.18 Å². The number of carbonyl (C=O) groups excluding carboxylic acids is 1. The lowest BCUT2D eigenvalue weighted by atomic mass is 10.1. The molecule has 1 aromatic carbocycles. The Morgan fingerprint density at radius 1 is 1.60 bits per heavy atom. The molecule has 0 aromatic heterocycles. The Morgan fingerprint density at radius 2 is 2.40 bits per heavy atom. The van der Waals surface area contributed by atoms with Crippen LogP contribution in [0.3, 0.4) is 0 Å². The number of halogens is 2. The molecule has 1 saturated heterocycles. The summed E-state index contributed by atoms with van der Waals surface area (Å²) in [4.78, 5) is 14.0. The molecule has 0 bridgehead atoms. The fourth-order valence-corrected chi connectivity index (χ4v) is 2.75. The third-order valence-corrected chi connectivity index (χ3v) is 4.04. The first kappa shape index (κ1) is 15.4. The van der Waals surface area contributed by atoms with Gasteiger partial charge in [-0.2, -0.15) is 0 Å². The Bertz CT molecular complexity index is 484. The van der Waals surface area contributed by atoms with Gasteiger partial charge in [-0.3, -0.25) is 9.69 Å². The van der Waals surface area contributed by atoms with Crippen molar-refractivity contribution in [3.8, 4) is 0 Å². The summed E-state index contributed by atoms with van der Waals surface area (Å²) in [5.74, 6) is -0.485. The number of benzene rings is 1. The Balaban J connectivity index is 2.10. The van der Waals surface area contributed by atoms with Crippen molar-refractivity contribution >= 4 is 21.9 Å². The maximum atomic E-state index is 13.1. The fourth-order valence-electron chi connectivity index (χ4n) is 2.28. The van der Waals surface area contributed by atoms with Crippen LogP contribution in [0.2, 0.25) is 0 Å². The van der Waals surface area contributed by atoms with E-state index in [-0.39, 0.29) is 17.8 Å². The van der Waals surface area contributed by atoms with Crippen molar-refractivity contribution in [2.75, 3.05) is 26.2 Å². The van der Waals surface area contributed by atoms with Gasteiger partial charge in [0, 0.05) is 30.7 Å². The minimum atomic E-state index is -0.291. The van der Waals surface area contributed by atoms with Crippen LogP contribution in [0.25, 0.3) is 0 Å². The van der Waals surface area contributed by atoms with Gasteiger partial charge in [0.15, 0.2) is 0 Å². The van der Waals surface area contributed by atoms with Crippen LogP contribution in [0.5, 0.6) is 0 Å². The predicted octanol–water partition coefficient (Wildman–Crippen LogP) is 1.93. The first-order valence-corrected chi connectivity index (χ1v) is 7.46. The molecule has 2 rings (SSSR count). The Morgan fingerprint density at radius 3 is 3.10 bits per heavy atom. The summed E-state index contributed by atoms with van der Waals surface area (Å²) in [5, 5.41) is 3.20. The molecule has 0 amide bonds. The van der Waals surface area contributed by atoms with Crippen LogP contribution in [0.1, 0.15) is 12.5 Å². The SMILES string of the molecule is CCOC(=O)C1CNCCN1Cc1ccc(F)cc1Br. The number of piperazine rings is 1. The highest BCUT2D eigenvalue weighted by Crippen LogP contribution is 2.21. The van der Waals surface area contributed by atoms with Crippen LogP contribution >= 0.6 is 15.9 Å². The van der Waals surface area contributed by atoms with Crippen molar-refractivity contribution in [2.24, 2.45) is 0 Å². The van der Waals surface area contributed by atoms with Crippen molar-refractivity contribution in [2.45, 2.75) is 19.5 Å². The van der Waals surface area contributed by atoms with Gasteiger partial charge in [-0.25, -0.2) is 4.39 Å². The molecule has 1 aliphatic rings. The highest BCUT2D eigenvalue weighted by molar-refractivity contribution is 9.10. The first-order valence-electron chi connectivity index (χ1n) is 6.67. The van der Waals surface area contributed by atoms with E-state index in [2.05, 4.69) is 26.1 Å². The van der Waals surface area contributed by atoms with Gasteiger partial charge in [-0.1, -0.05) is 22.0 Å². The van der Waals surface area contributed by atoms with Gasteiger partial charge in [-0.05, 0) is 24.6 Å². The molecule has 1 fully saturated rings. The van der Waals surface area contributed by atoms with Crippen molar-refractivity contribution in [3.63, 3.8) is 0 Å². The van der Waals surface area contributed by atoms with E-state index >= 15 is 0 Å². The number of nitrogens with zero attached hydrogens (tertiary/aromatic N) is 1. The lowest BCUT2D eigenvalue weighted by Crippen LogP contribution is -2.54. The van der Waals surface area contributed by atoms with Gasteiger partial charge in [0.05, 0.1) is 6.61 Å². The summed E-state index contributed by atoms with van der Waals surface area (Å²) in [7, 11) is 0. The van der Waals surface area contributed by atoms with Crippen LogP contribution in [-0.2, 0) is 16.1 Å². The van der Waals surface area contributed by atoms with Gasteiger partial charge in [0.25, 0.3) is 0 Å². The fraction of sp³-hybridized carbons (Fsp3) is 0.500. The van der Waals surface area contributed by atoms with Crippen LogP contribution < -0.4 is 5.32 Å². The standard InChI is InChI=1S/C14H18BrFN2O2/c1-2-20-14(19)13-8-17-5-6-18(13)9-10-3-4-11(16)7-12(10)15/h3-4,7,13,17H,2,5-6,8-9H2,1H3. The summed E-state index contributed by atoms with van der Waals surface area (Å²) in [6, 6.07) is 4.32. The molecule has 0 spiro atoms. The third-order valence-electron chi connectivity index (χ3n) is 3.30. The van der Waals surface area contributed by atoms with Crippen molar-refractivity contribution in [1.29, 1.82) is 0 Å². The number of hydrogen-bond donors (Lipinski definition) is 1. The molecule has 110 valence electrons. The largest absolute Gasteiger partial charge is 0.465 e. The number of carbonyl (C=O) groups is 1. The molecular weight excluding hydrogens is 327 g/mol. The zero-order valence-electron chi connectivity index (χ0n) is 11.4. The molecule has 0 aliphatic carbocycles. The van der Waals surface area contributed by atoms with E-state index in [0.717, 1.165) is 23.1 Å². The average molecular weight is 345 g/mol. The van der Waals surface area contributed by atoms with E-state index in [4.69, 9.17) is 4.74 Å². The minimum Gasteiger partial charge on any atom is -0.465 e. The second-order valence-corrected chi connectivity index (χ2v) is 5.53. The molecule has 1 N–H and O–H groups in total. The molecule has 1 aromatic rings. The highest BCUT2D eigenvalue weighted by atomic mass is 79.9. The summed E-state index contributed by atoms with van der Waals surface area (Å²) in [5.41, 5.74) is 0.961. The normalized spacial score (nSPS) is 19.9. The zero-order chi connectivity index (χ0) is 14.5. The molecule has 1 unspecified atom stereocenters. The number of esters is 1. The second-order valence-electron chi connectivity index (χ2n) is 4.68. The number of ether oxygens (including phenoxy) is 1. The summed E-state index contributed by atoms with van der Waals surface area (Å²) in [6.45, 7) is 4.93. The van der Waals surface area contributed by atoms with Gasteiger partial charge in [0.2, 0.25) is 0 Å². The van der Waals surface area contributed by atoms with Gasteiger partial charge >= 0.3 is 5.97 Å². The Labute approximate surface area is 126 Å².